The fraction of sp³-hybridized carbons (Fsp3) is 0.556. The van der Waals surface area contributed by atoms with Gasteiger partial charge in [0.05, 0.1) is 17.8 Å². The molecule has 0 saturated heterocycles. The van der Waals surface area contributed by atoms with Crippen LogP contribution in [-0.2, 0) is 0 Å². The molecular weight excluding hydrogens is 308 g/mol. The van der Waals surface area contributed by atoms with Crippen molar-refractivity contribution < 1.29 is 0 Å². The molecule has 1 N–H and O–H groups in total. The number of halogens is 1. The second kappa shape index (κ2) is 9.59. The van der Waals surface area contributed by atoms with E-state index in [2.05, 4.69) is 33.9 Å². The zero-order valence-corrected chi connectivity index (χ0v) is 12.6. The van der Waals surface area contributed by atoms with Crippen LogP contribution in [0.15, 0.2) is 16.4 Å². The molecule has 0 spiro atoms. The van der Waals surface area contributed by atoms with E-state index in [0.29, 0.717) is 12.1 Å². The molecule has 0 aromatic heterocycles. The average molecular weight is 327 g/mol. The first kappa shape index (κ1) is 16.5. The molecule has 0 aromatic carbocycles. The lowest BCUT2D eigenvalue weighted by Crippen LogP contribution is -2.12. The molecule has 5 heteroatoms. The first-order chi connectivity index (χ1) is 6.54. The zero-order chi connectivity index (χ0) is 11.7. The molecule has 0 aliphatic carbocycles. The largest absolute Gasteiger partial charge is 0.303 e. The summed E-state index contributed by atoms with van der Waals surface area (Å²) >= 11 is 2.22. The van der Waals surface area contributed by atoms with Gasteiger partial charge in [0.25, 0.3) is 0 Å². The van der Waals surface area contributed by atoms with Gasteiger partial charge in [-0.3, -0.25) is 0 Å². The van der Waals surface area contributed by atoms with Crippen LogP contribution >= 0.6 is 28.4 Å². The summed E-state index contributed by atoms with van der Waals surface area (Å²) in [6, 6.07) is 0. The Hall–Kier alpha value is 0.0400. The number of nitrogens with one attached hydrogen (secondary N) is 1. The lowest BCUT2D eigenvalue weighted by Gasteiger charge is -2.19. The highest BCUT2D eigenvalue weighted by atomic mass is 127. The van der Waals surface area contributed by atoms with Gasteiger partial charge in [-0.25, -0.2) is 4.78 Å². The summed E-state index contributed by atoms with van der Waals surface area (Å²) in [6.45, 7) is 13.2. The number of hydrazone groups is 1. The summed E-state index contributed by atoms with van der Waals surface area (Å²) in [6.07, 6.45) is 0.490. The lowest BCUT2D eigenvalue weighted by molar-refractivity contribution is 0.644. The molecule has 0 amide bonds. The Morgan fingerprint density at radius 2 is 1.79 bits per heavy atom. The SMILES string of the molecule is C=NN(PI)C(C(C)=N)=C(C)C.CC. The highest BCUT2D eigenvalue weighted by Gasteiger charge is 2.09. The molecule has 3 nitrogen and oxygen atoms in total. The van der Waals surface area contributed by atoms with Crippen LogP contribution in [0.25, 0.3) is 0 Å². The molecule has 0 aliphatic rings. The Balaban J connectivity index is 0. The van der Waals surface area contributed by atoms with Gasteiger partial charge in [-0.05, 0) is 48.4 Å². The van der Waals surface area contributed by atoms with Crippen molar-refractivity contribution in [3.63, 3.8) is 0 Å². The van der Waals surface area contributed by atoms with Crippen LogP contribution in [0, 0.1) is 5.41 Å². The highest BCUT2D eigenvalue weighted by molar-refractivity contribution is 14.2. The molecule has 0 fully saturated rings. The smallest absolute Gasteiger partial charge is 0.0831 e. The Kier molecular flexibility index (Phi) is 11.3. The van der Waals surface area contributed by atoms with Gasteiger partial charge in [-0.15, -0.1) is 0 Å². The van der Waals surface area contributed by atoms with Gasteiger partial charge in [0.15, 0.2) is 0 Å². The van der Waals surface area contributed by atoms with Crippen LogP contribution in [0.3, 0.4) is 0 Å². The third kappa shape index (κ3) is 5.70. The summed E-state index contributed by atoms with van der Waals surface area (Å²) in [5, 5.41) is 11.4. The number of hydrogen-bond acceptors (Lipinski definition) is 3. The summed E-state index contributed by atoms with van der Waals surface area (Å²) < 4.78 is 1.75. The van der Waals surface area contributed by atoms with Gasteiger partial charge in [0, 0.05) is 6.72 Å². The third-order valence-electron chi connectivity index (χ3n) is 1.26. The molecular formula is C9H19IN3P. The fourth-order valence-corrected chi connectivity index (χ4v) is 2.60. The van der Waals surface area contributed by atoms with Crippen LogP contribution in [0.4, 0.5) is 0 Å². The van der Waals surface area contributed by atoms with E-state index in [-0.39, 0.29) is 0 Å². The Morgan fingerprint density at radius 1 is 1.36 bits per heavy atom. The van der Waals surface area contributed by atoms with Crippen LogP contribution in [-0.4, -0.2) is 17.2 Å². The van der Waals surface area contributed by atoms with Gasteiger partial charge in [-0.2, -0.15) is 5.10 Å². The molecule has 82 valence electrons. The van der Waals surface area contributed by atoms with Gasteiger partial charge in [0.1, 0.15) is 0 Å². The van der Waals surface area contributed by atoms with Gasteiger partial charge < -0.3 is 5.41 Å². The number of nitrogens with zero attached hydrogens (tertiary/aromatic N) is 2. The molecule has 0 saturated carbocycles. The van der Waals surface area contributed by atoms with Crippen molar-refractivity contribution in [2.45, 2.75) is 34.6 Å². The molecule has 14 heavy (non-hydrogen) atoms. The van der Waals surface area contributed by atoms with E-state index in [0.717, 1.165) is 11.3 Å². The van der Waals surface area contributed by atoms with E-state index >= 15 is 0 Å². The lowest BCUT2D eigenvalue weighted by atomic mass is 10.2. The molecule has 0 heterocycles. The van der Waals surface area contributed by atoms with E-state index in [1.807, 2.05) is 27.7 Å². The molecule has 0 rings (SSSR count). The Labute approximate surface area is 102 Å². The summed E-state index contributed by atoms with van der Waals surface area (Å²) in [5.74, 6) is 0. The maximum atomic E-state index is 7.53. The predicted molar refractivity (Wildman–Crippen MR) is 76.8 cm³/mol. The third-order valence-corrected chi connectivity index (χ3v) is 3.16. The second-order valence-corrected chi connectivity index (χ2v) is 4.55. The minimum Gasteiger partial charge on any atom is -0.303 e. The van der Waals surface area contributed by atoms with Crippen molar-refractivity contribution in [2.24, 2.45) is 5.10 Å². The van der Waals surface area contributed by atoms with Crippen LogP contribution in [0.1, 0.15) is 34.6 Å². The zero-order valence-electron chi connectivity index (χ0n) is 9.48. The molecule has 0 bridgehead atoms. The minimum absolute atomic E-state index is 0.490. The van der Waals surface area contributed by atoms with Crippen molar-refractivity contribution in [3.8, 4) is 0 Å². The maximum absolute atomic E-state index is 7.53. The fourth-order valence-electron chi connectivity index (χ4n) is 0.885. The number of hydrogen-bond donors (Lipinski definition) is 1. The summed E-state index contributed by atoms with van der Waals surface area (Å²) in [7, 11) is 0. The monoisotopic (exact) mass is 327 g/mol. The van der Waals surface area contributed by atoms with E-state index in [1.54, 1.807) is 11.7 Å². The van der Waals surface area contributed by atoms with E-state index in [1.165, 1.54) is 0 Å². The van der Waals surface area contributed by atoms with Gasteiger partial charge >= 0.3 is 0 Å². The summed E-state index contributed by atoms with van der Waals surface area (Å²) in [5.41, 5.74) is 2.50. The Morgan fingerprint density at radius 3 is 1.86 bits per heavy atom. The standard InChI is InChI=1S/C7H13IN3P.C2H6/c1-5(2)7(6(3)9)11(10-4)12-8;1-2/h9,12H,4H2,1-3H3;1-2H3. The molecule has 0 aromatic rings. The van der Waals surface area contributed by atoms with Crippen molar-refractivity contribution in [1.29, 1.82) is 5.41 Å². The predicted octanol–water partition coefficient (Wildman–Crippen LogP) is 4.21. The van der Waals surface area contributed by atoms with Gasteiger partial charge in [-0.1, -0.05) is 13.8 Å². The van der Waals surface area contributed by atoms with E-state index in [4.69, 9.17) is 5.41 Å². The molecule has 0 aliphatic heterocycles. The molecule has 0 radical (unpaired) electrons. The first-order valence-electron chi connectivity index (χ1n) is 4.40. The minimum atomic E-state index is 0.490. The molecule has 1 unspecified atom stereocenters. The number of rotatable bonds is 4. The Bertz CT molecular complexity index is 222. The van der Waals surface area contributed by atoms with E-state index < -0.39 is 0 Å². The van der Waals surface area contributed by atoms with Crippen molar-refractivity contribution in [3.05, 3.63) is 11.3 Å². The summed E-state index contributed by atoms with van der Waals surface area (Å²) in [4.78, 5) is 0. The average Bonchev–Trinajstić information content (AvgIpc) is 2.15. The van der Waals surface area contributed by atoms with E-state index in [9.17, 15) is 0 Å². The highest BCUT2D eigenvalue weighted by Crippen LogP contribution is 2.32. The van der Waals surface area contributed by atoms with Crippen molar-refractivity contribution >= 4 is 40.8 Å². The second-order valence-electron chi connectivity index (χ2n) is 2.51. The van der Waals surface area contributed by atoms with Crippen LogP contribution in [0.2, 0.25) is 0 Å². The first-order valence-corrected chi connectivity index (χ1v) is 8.46. The number of allylic oxidation sites excluding steroid dienone is 2. The van der Waals surface area contributed by atoms with Gasteiger partial charge in [0.2, 0.25) is 0 Å². The normalized spacial score (nSPS) is 9.00. The van der Waals surface area contributed by atoms with Crippen LogP contribution < -0.4 is 0 Å². The van der Waals surface area contributed by atoms with Crippen LogP contribution in [0.5, 0.6) is 0 Å². The topological polar surface area (TPSA) is 39.5 Å². The quantitative estimate of drug-likeness (QED) is 0.357. The van der Waals surface area contributed by atoms with Crippen molar-refractivity contribution in [1.82, 2.24) is 4.78 Å². The van der Waals surface area contributed by atoms with Crippen molar-refractivity contribution in [2.75, 3.05) is 0 Å². The molecule has 1 atom stereocenters. The maximum Gasteiger partial charge on any atom is 0.0831 e.